The van der Waals surface area contributed by atoms with E-state index in [-0.39, 0.29) is 0 Å². The predicted molar refractivity (Wildman–Crippen MR) is 97.4 cm³/mol. The van der Waals surface area contributed by atoms with Gasteiger partial charge in [0.1, 0.15) is 0 Å². The fourth-order valence-electron chi connectivity index (χ4n) is 3.10. The molecule has 0 unspecified atom stereocenters. The number of hydrogen-bond acceptors (Lipinski definition) is 1. The van der Waals surface area contributed by atoms with Gasteiger partial charge >= 0.3 is 0 Å². The Balaban J connectivity index is 2.14. The van der Waals surface area contributed by atoms with Gasteiger partial charge in [-0.15, -0.1) is 0 Å². The van der Waals surface area contributed by atoms with E-state index in [1.54, 1.807) is 0 Å². The number of aromatic nitrogens is 2. The number of hydrogen-bond donors (Lipinski definition) is 0. The maximum absolute atomic E-state index is 4.69. The fourth-order valence-corrected chi connectivity index (χ4v) is 3.10. The molecule has 1 aromatic rings. The number of rotatable bonds is 14. The number of nitrogens with zero attached hydrogens (tertiary/aromatic N) is 2. The van der Waals surface area contributed by atoms with Gasteiger partial charge in [0.25, 0.3) is 0 Å². The molecule has 1 heterocycles. The second-order valence-electron chi connectivity index (χ2n) is 6.79. The van der Waals surface area contributed by atoms with Gasteiger partial charge in [-0.2, -0.15) is 5.10 Å². The van der Waals surface area contributed by atoms with Crippen LogP contribution < -0.4 is 0 Å². The molecule has 0 saturated carbocycles. The highest BCUT2D eigenvalue weighted by Crippen LogP contribution is 2.13. The molecule has 0 atom stereocenters. The second kappa shape index (κ2) is 12.7. The smallest absolute Gasteiger partial charge is 0.0627 e. The van der Waals surface area contributed by atoms with E-state index in [0.717, 1.165) is 6.42 Å². The van der Waals surface area contributed by atoms with Gasteiger partial charge in [0.2, 0.25) is 0 Å². The van der Waals surface area contributed by atoms with Crippen LogP contribution in [-0.2, 0) is 19.9 Å². The summed E-state index contributed by atoms with van der Waals surface area (Å²) < 4.78 is 2.11. The summed E-state index contributed by atoms with van der Waals surface area (Å²) in [5.41, 5.74) is 2.73. The standard InChI is InChI=1S/C20H38N2/c1-4-6-8-10-12-14-16-19-18-20(22(3)21-19)17-15-13-11-9-7-5-2/h18H,4-17H2,1-3H3. The lowest BCUT2D eigenvalue weighted by molar-refractivity contribution is 0.589. The van der Waals surface area contributed by atoms with Gasteiger partial charge < -0.3 is 0 Å². The molecule has 1 aromatic heterocycles. The summed E-state index contributed by atoms with van der Waals surface area (Å²) in [5.74, 6) is 0. The highest BCUT2D eigenvalue weighted by atomic mass is 15.3. The largest absolute Gasteiger partial charge is 0.272 e. The monoisotopic (exact) mass is 306 g/mol. The normalized spacial score (nSPS) is 11.2. The van der Waals surface area contributed by atoms with E-state index >= 15 is 0 Å². The number of aryl methyl sites for hydroxylation is 3. The van der Waals surface area contributed by atoms with Crippen LogP contribution >= 0.6 is 0 Å². The highest BCUT2D eigenvalue weighted by molar-refractivity contribution is 5.10. The van der Waals surface area contributed by atoms with E-state index in [9.17, 15) is 0 Å². The molecule has 1 rings (SSSR count). The molecule has 0 spiro atoms. The Morgan fingerprint density at radius 2 is 1.23 bits per heavy atom. The summed E-state index contributed by atoms with van der Waals surface area (Å²) in [4.78, 5) is 0. The van der Waals surface area contributed by atoms with Crippen LogP contribution in [0.4, 0.5) is 0 Å². The molecular formula is C20H38N2. The van der Waals surface area contributed by atoms with Crippen molar-refractivity contribution < 1.29 is 0 Å². The zero-order valence-corrected chi connectivity index (χ0v) is 15.4. The predicted octanol–water partition coefficient (Wildman–Crippen LogP) is 6.23. The van der Waals surface area contributed by atoms with Crippen molar-refractivity contribution in [3.63, 3.8) is 0 Å². The molecule has 2 heteroatoms. The zero-order valence-electron chi connectivity index (χ0n) is 15.4. The molecule has 0 aromatic carbocycles. The molecule has 0 N–H and O–H groups in total. The van der Waals surface area contributed by atoms with Gasteiger partial charge in [0.05, 0.1) is 5.69 Å². The SMILES string of the molecule is CCCCCCCCc1cc(CCCCCCCC)n(C)n1. The Kier molecular flexibility index (Phi) is 11.1. The van der Waals surface area contributed by atoms with Crippen LogP contribution in [0.5, 0.6) is 0 Å². The van der Waals surface area contributed by atoms with E-state index in [0.29, 0.717) is 0 Å². The molecule has 0 aliphatic heterocycles. The third-order valence-electron chi connectivity index (χ3n) is 4.60. The maximum Gasteiger partial charge on any atom is 0.0627 e. The van der Waals surface area contributed by atoms with Crippen LogP contribution in [0.15, 0.2) is 6.07 Å². The molecular weight excluding hydrogens is 268 g/mol. The minimum Gasteiger partial charge on any atom is -0.272 e. The minimum atomic E-state index is 1.16. The summed E-state index contributed by atoms with van der Waals surface area (Å²) in [6, 6.07) is 2.35. The van der Waals surface area contributed by atoms with Crippen molar-refractivity contribution in [1.29, 1.82) is 0 Å². The first-order chi connectivity index (χ1) is 10.8. The minimum absolute atomic E-state index is 1.16. The Labute approximate surface area is 138 Å². The molecule has 0 fully saturated rings. The summed E-state index contributed by atoms with van der Waals surface area (Å²) in [7, 11) is 2.11. The molecule has 0 radical (unpaired) electrons. The lowest BCUT2D eigenvalue weighted by Gasteiger charge is -2.01. The van der Waals surface area contributed by atoms with Crippen molar-refractivity contribution in [2.45, 2.75) is 104 Å². The average Bonchev–Trinajstić information content (AvgIpc) is 2.86. The van der Waals surface area contributed by atoms with E-state index in [1.165, 1.54) is 94.9 Å². The summed E-state index contributed by atoms with van der Waals surface area (Å²) in [6.45, 7) is 4.56. The van der Waals surface area contributed by atoms with Crippen LogP contribution in [0.1, 0.15) is 102 Å². The van der Waals surface area contributed by atoms with Gasteiger partial charge in [0, 0.05) is 12.7 Å². The molecule has 22 heavy (non-hydrogen) atoms. The summed E-state index contributed by atoms with van der Waals surface area (Å²) in [6.07, 6.45) is 18.8. The maximum atomic E-state index is 4.69. The van der Waals surface area contributed by atoms with Crippen LogP contribution in [0, 0.1) is 0 Å². The lowest BCUT2D eigenvalue weighted by atomic mass is 10.1. The topological polar surface area (TPSA) is 17.8 Å². The molecule has 0 amide bonds. The van der Waals surface area contributed by atoms with Crippen LogP contribution in [0.2, 0.25) is 0 Å². The molecule has 0 aliphatic rings. The van der Waals surface area contributed by atoms with Gasteiger partial charge in [-0.3, -0.25) is 4.68 Å². The first-order valence-electron chi connectivity index (χ1n) is 9.79. The molecule has 128 valence electrons. The van der Waals surface area contributed by atoms with Crippen molar-refractivity contribution in [2.75, 3.05) is 0 Å². The van der Waals surface area contributed by atoms with Gasteiger partial charge in [-0.05, 0) is 31.7 Å². The molecule has 2 nitrogen and oxygen atoms in total. The van der Waals surface area contributed by atoms with Crippen molar-refractivity contribution in [1.82, 2.24) is 9.78 Å². The molecule has 0 saturated heterocycles. The summed E-state index contributed by atoms with van der Waals surface area (Å²) in [5, 5.41) is 4.69. The van der Waals surface area contributed by atoms with Crippen molar-refractivity contribution in [3.8, 4) is 0 Å². The van der Waals surface area contributed by atoms with E-state index in [2.05, 4.69) is 36.7 Å². The fraction of sp³-hybridized carbons (Fsp3) is 0.850. The van der Waals surface area contributed by atoms with E-state index in [1.807, 2.05) is 0 Å². The quantitative estimate of drug-likeness (QED) is 0.373. The Morgan fingerprint density at radius 1 is 0.727 bits per heavy atom. The zero-order chi connectivity index (χ0) is 16.0. The van der Waals surface area contributed by atoms with Gasteiger partial charge in [-0.1, -0.05) is 78.1 Å². The Morgan fingerprint density at radius 3 is 1.82 bits per heavy atom. The second-order valence-corrected chi connectivity index (χ2v) is 6.79. The Hall–Kier alpha value is -0.790. The van der Waals surface area contributed by atoms with Crippen LogP contribution in [-0.4, -0.2) is 9.78 Å². The van der Waals surface area contributed by atoms with Crippen molar-refractivity contribution >= 4 is 0 Å². The average molecular weight is 307 g/mol. The van der Waals surface area contributed by atoms with Crippen LogP contribution in [0.25, 0.3) is 0 Å². The number of unbranched alkanes of at least 4 members (excludes halogenated alkanes) is 10. The third kappa shape index (κ3) is 8.60. The van der Waals surface area contributed by atoms with E-state index < -0.39 is 0 Å². The van der Waals surface area contributed by atoms with Crippen LogP contribution in [0.3, 0.4) is 0 Å². The first-order valence-corrected chi connectivity index (χ1v) is 9.79. The van der Waals surface area contributed by atoms with E-state index in [4.69, 9.17) is 0 Å². The molecule has 0 bridgehead atoms. The molecule has 0 aliphatic carbocycles. The lowest BCUT2D eigenvalue weighted by Crippen LogP contribution is -1.98. The highest BCUT2D eigenvalue weighted by Gasteiger charge is 2.05. The van der Waals surface area contributed by atoms with Crippen molar-refractivity contribution in [3.05, 3.63) is 17.5 Å². The summed E-state index contributed by atoms with van der Waals surface area (Å²) >= 11 is 0. The van der Waals surface area contributed by atoms with Gasteiger partial charge in [-0.25, -0.2) is 0 Å². The third-order valence-corrected chi connectivity index (χ3v) is 4.60. The van der Waals surface area contributed by atoms with Crippen molar-refractivity contribution in [2.24, 2.45) is 7.05 Å². The Bertz CT molecular complexity index is 368. The first kappa shape index (κ1) is 19.3. The van der Waals surface area contributed by atoms with Gasteiger partial charge in [0.15, 0.2) is 0 Å².